The zero-order chi connectivity index (χ0) is 13.8. The van der Waals surface area contributed by atoms with Crippen LogP contribution in [0.1, 0.15) is 6.92 Å². The Kier molecular flexibility index (Phi) is 5.70. The smallest absolute Gasteiger partial charge is 0.324 e. The Morgan fingerprint density at radius 3 is 1.94 bits per heavy atom. The lowest BCUT2D eigenvalue weighted by molar-refractivity contribution is -0.160. The molecule has 0 amide bonds. The van der Waals surface area contributed by atoms with E-state index in [2.05, 4.69) is 0 Å². The lowest BCUT2D eigenvalue weighted by atomic mass is 9.80. The molecule has 4 N–H and O–H groups in total. The standard InChI is InChI=1S/C10H19NO6/c1-10(9(16)17,11(2)3)6(4-12)8(15)7(14)5-13/h6-7,12-14H,4-5H2,1-3H3,(H,16,17)/t6?,7?,10-/m0/s1. The van der Waals surface area contributed by atoms with E-state index in [0.29, 0.717) is 0 Å². The minimum Gasteiger partial charge on any atom is -0.480 e. The van der Waals surface area contributed by atoms with Gasteiger partial charge in [0.25, 0.3) is 0 Å². The first-order valence-electron chi connectivity index (χ1n) is 5.07. The number of carboxylic acid groups (broad SMARTS) is 1. The molecular weight excluding hydrogens is 230 g/mol. The van der Waals surface area contributed by atoms with Gasteiger partial charge in [-0.1, -0.05) is 0 Å². The summed E-state index contributed by atoms with van der Waals surface area (Å²) in [7, 11) is 2.91. The molecule has 0 aromatic rings. The number of rotatable bonds is 7. The Morgan fingerprint density at radius 2 is 1.71 bits per heavy atom. The molecule has 0 spiro atoms. The molecule has 0 aromatic carbocycles. The number of hydrogen-bond acceptors (Lipinski definition) is 6. The molecule has 0 rings (SSSR count). The second-order valence-corrected chi connectivity index (χ2v) is 4.18. The maximum atomic E-state index is 11.7. The number of ketones is 1. The molecule has 7 nitrogen and oxygen atoms in total. The van der Waals surface area contributed by atoms with Crippen molar-refractivity contribution in [1.82, 2.24) is 4.90 Å². The maximum Gasteiger partial charge on any atom is 0.324 e. The van der Waals surface area contributed by atoms with E-state index in [9.17, 15) is 19.8 Å². The van der Waals surface area contributed by atoms with Crippen LogP contribution < -0.4 is 0 Å². The van der Waals surface area contributed by atoms with Gasteiger partial charge in [-0.05, 0) is 21.0 Å². The van der Waals surface area contributed by atoms with Crippen LogP contribution in [0.2, 0.25) is 0 Å². The first-order chi connectivity index (χ1) is 7.73. The minimum absolute atomic E-state index is 0.725. The van der Waals surface area contributed by atoms with E-state index >= 15 is 0 Å². The summed E-state index contributed by atoms with van der Waals surface area (Å²) in [4.78, 5) is 24.2. The van der Waals surface area contributed by atoms with E-state index in [1.165, 1.54) is 25.9 Å². The van der Waals surface area contributed by atoms with Crippen LogP contribution in [0.4, 0.5) is 0 Å². The molecular formula is C10H19NO6. The Labute approximate surface area is 99.3 Å². The SMILES string of the molecule is CN(C)[C@](C)(C(=O)O)C(CO)C(=O)C(O)CO. The molecule has 0 radical (unpaired) electrons. The van der Waals surface area contributed by atoms with Crippen molar-refractivity contribution in [1.29, 1.82) is 0 Å². The third-order valence-corrected chi connectivity index (χ3v) is 3.07. The average Bonchev–Trinajstić information content (AvgIpc) is 2.27. The zero-order valence-electron chi connectivity index (χ0n) is 10.1. The first-order valence-corrected chi connectivity index (χ1v) is 5.07. The number of aliphatic carboxylic acids is 1. The molecule has 2 unspecified atom stereocenters. The molecule has 0 aliphatic rings. The van der Waals surface area contributed by atoms with Gasteiger partial charge in [0, 0.05) is 0 Å². The van der Waals surface area contributed by atoms with Crippen LogP contribution in [-0.4, -0.2) is 76.0 Å². The Hall–Kier alpha value is -1.02. The predicted molar refractivity (Wildman–Crippen MR) is 58.4 cm³/mol. The van der Waals surface area contributed by atoms with Gasteiger partial charge >= 0.3 is 5.97 Å². The third kappa shape index (κ3) is 3.01. The van der Waals surface area contributed by atoms with Crippen LogP contribution in [0, 0.1) is 5.92 Å². The normalized spacial score (nSPS) is 18.5. The molecule has 0 bridgehead atoms. The van der Waals surface area contributed by atoms with E-state index in [1.54, 1.807) is 0 Å². The number of carbonyl (C=O) groups excluding carboxylic acids is 1. The van der Waals surface area contributed by atoms with Crippen LogP contribution in [-0.2, 0) is 9.59 Å². The van der Waals surface area contributed by atoms with Crippen molar-refractivity contribution in [3.8, 4) is 0 Å². The number of aliphatic hydroxyl groups is 3. The summed E-state index contributed by atoms with van der Waals surface area (Å²) in [6.07, 6.45) is -1.69. The number of hydrogen-bond donors (Lipinski definition) is 4. The zero-order valence-corrected chi connectivity index (χ0v) is 10.1. The van der Waals surface area contributed by atoms with E-state index in [1.807, 2.05) is 0 Å². The number of carboxylic acids is 1. The number of aliphatic hydroxyl groups excluding tert-OH is 3. The summed E-state index contributed by atoms with van der Waals surface area (Å²) in [5.74, 6) is -3.51. The minimum atomic E-state index is -1.69. The molecule has 0 fully saturated rings. The van der Waals surface area contributed by atoms with Crippen molar-refractivity contribution in [2.45, 2.75) is 18.6 Å². The highest BCUT2D eigenvalue weighted by Crippen LogP contribution is 2.25. The summed E-state index contributed by atoms with van der Waals surface area (Å²) in [6, 6.07) is 0. The molecule has 0 saturated carbocycles. The van der Waals surface area contributed by atoms with Crippen molar-refractivity contribution in [3.05, 3.63) is 0 Å². The van der Waals surface area contributed by atoms with Gasteiger partial charge in [-0.25, -0.2) is 0 Å². The highest BCUT2D eigenvalue weighted by Gasteiger charge is 2.48. The van der Waals surface area contributed by atoms with Crippen LogP contribution in [0.5, 0.6) is 0 Å². The maximum absolute atomic E-state index is 11.7. The predicted octanol–water partition coefficient (Wildman–Crippen LogP) is -2.08. The van der Waals surface area contributed by atoms with E-state index < -0.39 is 42.5 Å². The second kappa shape index (κ2) is 6.06. The van der Waals surface area contributed by atoms with Crippen molar-refractivity contribution in [2.24, 2.45) is 5.92 Å². The average molecular weight is 249 g/mol. The van der Waals surface area contributed by atoms with Gasteiger partial charge in [0.15, 0.2) is 5.78 Å². The lowest BCUT2D eigenvalue weighted by Gasteiger charge is -2.38. The fourth-order valence-corrected chi connectivity index (χ4v) is 1.52. The quantitative estimate of drug-likeness (QED) is 0.409. The summed E-state index contributed by atoms with van der Waals surface area (Å²) >= 11 is 0. The molecule has 3 atom stereocenters. The fourth-order valence-electron chi connectivity index (χ4n) is 1.52. The van der Waals surface area contributed by atoms with Crippen molar-refractivity contribution in [3.63, 3.8) is 0 Å². The van der Waals surface area contributed by atoms with E-state index in [-0.39, 0.29) is 0 Å². The summed E-state index contributed by atoms with van der Waals surface area (Å²) in [5, 5.41) is 36.2. The first kappa shape index (κ1) is 16.0. The summed E-state index contributed by atoms with van der Waals surface area (Å²) in [6.45, 7) is -0.256. The van der Waals surface area contributed by atoms with Crippen LogP contribution in [0.15, 0.2) is 0 Å². The Morgan fingerprint density at radius 1 is 1.24 bits per heavy atom. The second-order valence-electron chi connectivity index (χ2n) is 4.18. The molecule has 0 aliphatic carbocycles. The molecule has 17 heavy (non-hydrogen) atoms. The van der Waals surface area contributed by atoms with Crippen molar-refractivity contribution >= 4 is 11.8 Å². The molecule has 0 heterocycles. The molecule has 0 saturated heterocycles. The molecule has 100 valence electrons. The van der Waals surface area contributed by atoms with Gasteiger partial charge in [0.05, 0.1) is 19.1 Å². The number of likely N-dealkylation sites (N-methyl/N-ethyl adjacent to an activating group) is 1. The highest BCUT2D eigenvalue weighted by atomic mass is 16.4. The van der Waals surface area contributed by atoms with Crippen LogP contribution in [0.3, 0.4) is 0 Å². The van der Waals surface area contributed by atoms with Gasteiger partial charge in [0.2, 0.25) is 0 Å². The highest BCUT2D eigenvalue weighted by molar-refractivity contribution is 5.93. The Bertz CT molecular complexity index is 293. The van der Waals surface area contributed by atoms with E-state index in [0.717, 1.165) is 0 Å². The summed E-state index contributed by atoms with van der Waals surface area (Å²) < 4.78 is 0. The molecule has 0 aromatic heterocycles. The molecule has 0 aliphatic heterocycles. The van der Waals surface area contributed by atoms with E-state index in [4.69, 9.17) is 10.2 Å². The van der Waals surface area contributed by atoms with Crippen LogP contribution in [0.25, 0.3) is 0 Å². The molecule has 7 heteroatoms. The largest absolute Gasteiger partial charge is 0.480 e. The van der Waals surface area contributed by atoms with Gasteiger partial charge < -0.3 is 20.4 Å². The summed E-state index contributed by atoms with van der Waals surface area (Å²) in [5.41, 5.74) is -1.65. The number of nitrogens with zero attached hydrogens (tertiary/aromatic N) is 1. The lowest BCUT2D eigenvalue weighted by Crippen LogP contribution is -2.59. The van der Waals surface area contributed by atoms with Gasteiger partial charge in [-0.3, -0.25) is 14.5 Å². The van der Waals surface area contributed by atoms with Crippen LogP contribution >= 0.6 is 0 Å². The monoisotopic (exact) mass is 249 g/mol. The van der Waals surface area contributed by atoms with Gasteiger partial charge in [-0.2, -0.15) is 0 Å². The number of carbonyl (C=O) groups is 2. The Balaban J connectivity index is 5.33. The van der Waals surface area contributed by atoms with Gasteiger partial charge in [0.1, 0.15) is 11.6 Å². The third-order valence-electron chi connectivity index (χ3n) is 3.07. The topological polar surface area (TPSA) is 118 Å². The van der Waals surface area contributed by atoms with Crippen molar-refractivity contribution < 1.29 is 30.0 Å². The number of Topliss-reactive ketones (excluding diaryl/α,β-unsaturated/α-hetero) is 1. The van der Waals surface area contributed by atoms with Crippen molar-refractivity contribution in [2.75, 3.05) is 27.3 Å². The van der Waals surface area contributed by atoms with Gasteiger partial charge in [-0.15, -0.1) is 0 Å². The fraction of sp³-hybridized carbons (Fsp3) is 0.800.